The molecular weight excluding hydrogens is 860 g/mol. The van der Waals surface area contributed by atoms with E-state index in [1.165, 1.54) is 45.5 Å². The van der Waals surface area contributed by atoms with Gasteiger partial charge in [0.15, 0.2) is 5.78 Å². The predicted molar refractivity (Wildman–Crippen MR) is 249 cm³/mol. The number of carbonyl (C=O) groups is 4. The number of nitro groups is 1. The first-order valence-corrected chi connectivity index (χ1v) is 22.6. The Kier molecular flexibility index (Phi) is 17.5. The van der Waals surface area contributed by atoms with Crippen molar-refractivity contribution in [3.63, 3.8) is 0 Å². The topological polar surface area (TPSA) is 201 Å². The zero-order valence-electron chi connectivity index (χ0n) is 38.7. The lowest BCUT2D eigenvalue weighted by molar-refractivity contribution is -0.385. The highest BCUT2D eigenvalue weighted by Crippen LogP contribution is 2.39. The normalized spacial score (nSPS) is 12.3. The summed E-state index contributed by atoms with van der Waals surface area (Å²) in [7, 11) is 0. The summed E-state index contributed by atoms with van der Waals surface area (Å²) >= 11 is 7.32. The average Bonchev–Trinajstić information content (AvgIpc) is 3.70. The van der Waals surface area contributed by atoms with Crippen molar-refractivity contribution < 1.29 is 33.6 Å². The minimum absolute atomic E-state index is 0.0245. The fourth-order valence-electron chi connectivity index (χ4n) is 6.32. The van der Waals surface area contributed by atoms with Crippen LogP contribution in [-0.2, 0) is 38.3 Å². The molecule has 1 unspecified atom stereocenters. The van der Waals surface area contributed by atoms with Gasteiger partial charge in [0, 0.05) is 65.6 Å². The summed E-state index contributed by atoms with van der Waals surface area (Å²) in [6, 6.07) is 14.7. The molecule has 0 aliphatic heterocycles. The number of hydrogen-bond acceptors (Lipinski definition) is 12. The molecule has 3 aromatic carbocycles. The zero-order valence-corrected chi connectivity index (χ0v) is 40.2. The molecule has 1 aromatic heterocycles. The Labute approximate surface area is 384 Å². The summed E-state index contributed by atoms with van der Waals surface area (Å²) < 4.78 is 13.9. The highest BCUT2D eigenvalue weighted by atomic mass is 35.5. The third-order valence-corrected chi connectivity index (χ3v) is 12.5. The van der Waals surface area contributed by atoms with E-state index in [-0.39, 0.29) is 69.1 Å². The van der Waals surface area contributed by atoms with Crippen LogP contribution in [0.4, 0.5) is 21.9 Å². The Bertz CT molecular complexity index is 2330. The van der Waals surface area contributed by atoms with Gasteiger partial charge in [0.1, 0.15) is 11.5 Å². The second-order valence-electron chi connectivity index (χ2n) is 17.7. The molecule has 0 radical (unpaired) electrons. The molecule has 0 saturated heterocycles. The molecule has 4 aromatic rings. The van der Waals surface area contributed by atoms with Crippen molar-refractivity contribution in [2.45, 2.75) is 137 Å². The van der Waals surface area contributed by atoms with Crippen molar-refractivity contribution in [1.82, 2.24) is 25.1 Å². The monoisotopic (exact) mass is 920 g/mol. The average molecular weight is 922 g/mol. The summed E-state index contributed by atoms with van der Waals surface area (Å²) in [5.41, 5.74) is 1.55. The molecule has 0 fully saturated rings. The molecule has 64 heavy (non-hydrogen) atoms. The van der Waals surface area contributed by atoms with Gasteiger partial charge in [-0.3, -0.25) is 29.3 Å². The molecule has 346 valence electrons. The number of carbonyl (C=O) groups excluding carboxylic acids is 4. The Morgan fingerprint density at radius 1 is 0.906 bits per heavy atom. The van der Waals surface area contributed by atoms with Crippen LogP contribution in [0.15, 0.2) is 59.8 Å². The largest absolute Gasteiger partial charge is 0.493 e. The number of tetrazole rings is 1. The number of ether oxygens (including phenoxy) is 2. The van der Waals surface area contributed by atoms with Gasteiger partial charge in [-0.05, 0) is 90.3 Å². The first-order chi connectivity index (χ1) is 30.0. The first kappa shape index (κ1) is 51.1. The molecule has 0 bridgehead atoms. The molecule has 18 heteroatoms. The van der Waals surface area contributed by atoms with Gasteiger partial charge in [0.2, 0.25) is 17.2 Å². The molecule has 0 saturated carbocycles. The van der Waals surface area contributed by atoms with Crippen LogP contribution in [0.2, 0.25) is 5.02 Å². The fourth-order valence-corrected chi connectivity index (χ4v) is 7.31. The SMILES string of the molecule is CCN(Cc1cc([N+](=O)[O-])ccc1OC(C(=O)Nc1cc(NC(=O)CCCOc2ccc(C(C)(C)CC)cc2C(C)(C)CC)ccc1Cl)C(=O)C(C)(C)C)C(=O)Sc1nnnn1CC. The summed E-state index contributed by atoms with van der Waals surface area (Å²) in [6.07, 6.45) is 0.766. The van der Waals surface area contributed by atoms with Crippen molar-refractivity contribution in [2.75, 3.05) is 23.8 Å². The Hall–Kier alpha value is -5.55. The van der Waals surface area contributed by atoms with Crippen LogP contribution >= 0.6 is 23.4 Å². The first-order valence-electron chi connectivity index (χ1n) is 21.4. The van der Waals surface area contributed by atoms with Crippen LogP contribution < -0.4 is 20.1 Å². The third kappa shape index (κ3) is 13.3. The van der Waals surface area contributed by atoms with E-state index in [0.29, 0.717) is 25.3 Å². The van der Waals surface area contributed by atoms with E-state index in [1.54, 1.807) is 33.8 Å². The second-order valence-corrected chi connectivity index (χ2v) is 19.0. The number of aromatic nitrogens is 4. The van der Waals surface area contributed by atoms with Gasteiger partial charge in [-0.15, -0.1) is 5.10 Å². The molecule has 0 aliphatic rings. The molecule has 1 heterocycles. The summed E-state index contributed by atoms with van der Waals surface area (Å²) in [5.74, 6) is -0.994. The zero-order chi connectivity index (χ0) is 47.6. The maximum absolute atomic E-state index is 14.1. The van der Waals surface area contributed by atoms with Gasteiger partial charge in [0.05, 0.1) is 28.8 Å². The Balaban J connectivity index is 1.49. The summed E-state index contributed by atoms with van der Waals surface area (Å²) in [5, 5.41) is 28.7. The standard InChI is InChI=1S/C46H61ClN8O8S/c1-12-45(8,9)30-18-22-37(33(26-30)46(10,11)13-2)62-24-16-17-38(56)48-31-19-21-34(47)35(27-31)49-41(58)39(40(57)44(5,6)7)63-36-23-20-32(55(60)61)25-29(36)28-53(14-3)43(59)64-42-50-51-52-54(42)15-4/h18-23,25-27,39H,12-17,24,28H2,1-11H3,(H,48,56)(H,49,58). The number of nitro benzene ring substituents is 1. The van der Waals surface area contributed by atoms with Gasteiger partial charge < -0.3 is 25.0 Å². The molecule has 3 amide bonds. The van der Waals surface area contributed by atoms with Gasteiger partial charge in [-0.2, -0.15) is 0 Å². The smallest absolute Gasteiger partial charge is 0.289 e. The number of nitrogens with zero attached hydrogens (tertiary/aromatic N) is 6. The van der Waals surface area contributed by atoms with Crippen LogP contribution in [0.1, 0.15) is 119 Å². The van der Waals surface area contributed by atoms with E-state index >= 15 is 0 Å². The van der Waals surface area contributed by atoms with E-state index in [1.807, 2.05) is 13.0 Å². The van der Waals surface area contributed by atoms with Crippen LogP contribution in [-0.4, -0.2) is 72.1 Å². The number of ketones is 1. The van der Waals surface area contributed by atoms with E-state index in [0.717, 1.165) is 35.9 Å². The predicted octanol–water partition coefficient (Wildman–Crippen LogP) is 10.2. The number of hydrogen-bond donors (Lipinski definition) is 2. The lowest BCUT2D eigenvalue weighted by Crippen LogP contribution is -2.45. The molecular formula is C46H61ClN8O8S. The number of rotatable bonds is 21. The van der Waals surface area contributed by atoms with E-state index in [9.17, 15) is 29.3 Å². The quantitative estimate of drug-likeness (QED) is 0.0264. The number of halogens is 1. The van der Waals surface area contributed by atoms with Crippen LogP contribution in [0.3, 0.4) is 0 Å². The van der Waals surface area contributed by atoms with Crippen molar-refractivity contribution in [1.29, 1.82) is 0 Å². The molecule has 2 N–H and O–H groups in total. The lowest BCUT2D eigenvalue weighted by atomic mass is 9.76. The van der Waals surface area contributed by atoms with E-state index < -0.39 is 33.4 Å². The number of aryl methyl sites for hydroxylation is 1. The van der Waals surface area contributed by atoms with Gasteiger partial charge in [-0.25, -0.2) is 4.68 Å². The van der Waals surface area contributed by atoms with Crippen molar-refractivity contribution in [3.05, 3.63) is 86.4 Å². The summed E-state index contributed by atoms with van der Waals surface area (Å²) in [4.78, 5) is 67.1. The number of benzene rings is 3. The van der Waals surface area contributed by atoms with Gasteiger partial charge in [-0.1, -0.05) is 86.0 Å². The van der Waals surface area contributed by atoms with Gasteiger partial charge >= 0.3 is 0 Å². The van der Waals surface area contributed by atoms with Crippen LogP contribution in [0, 0.1) is 15.5 Å². The number of amides is 3. The highest BCUT2D eigenvalue weighted by molar-refractivity contribution is 8.13. The number of nitrogens with one attached hydrogen (secondary N) is 2. The number of Topliss-reactive ketones (excluding diaryl/α,β-unsaturated/α-hetero) is 1. The molecule has 1 atom stereocenters. The maximum atomic E-state index is 14.1. The number of thioether (sulfide) groups is 1. The Morgan fingerprint density at radius 2 is 1.59 bits per heavy atom. The van der Waals surface area contributed by atoms with E-state index in [4.69, 9.17) is 21.1 Å². The number of non-ortho nitro benzene ring substituents is 1. The maximum Gasteiger partial charge on any atom is 0.289 e. The van der Waals surface area contributed by atoms with Crippen molar-refractivity contribution in [2.24, 2.45) is 5.41 Å². The van der Waals surface area contributed by atoms with Crippen molar-refractivity contribution >= 4 is 63.3 Å². The van der Waals surface area contributed by atoms with Gasteiger partial charge in [0.25, 0.3) is 16.8 Å². The van der Waals surface area contributed by atoms with Crippen LogP contribution in [0.25, 0.3) is 0 Å². The minimum atomic E-state index is -1.76. The van der Waals surface area contributed by atoms with Crippen molar-refractivity contribution in [3.8, 4) is 11.5 Å². The molecule has 16 nitrogen and oxygen atoms in total. The fraction of sp³-hybridized carbons (Fsp3) is 0.500. The van der Waals surface area contributed by atoms with E-state index in [2.05, 4.69) is 79.8 Å². The Morgan fingerprint density at radius 3 is 2.22 bits per heavy atom. The van der Waals surface area contributed by atoms with Crippen LogP contribution in [0.5, 0.6) is 11.5 Å². The number of anilines is 2. The molecule has 0 spiro atoms. The minimum Gasteiger partial charge on any atom is -0.493 e. The molecule has 4 rings (SSSR count). The molecule has 0 aliphatic carbocycles. The summed E-state index contributed by atoms with van der Waals surface area (Å²) in [6.45, 7) is 22.4. The third-order valence-electron chi connectivity index (χ3n) is 11.3. The lowest BCUT2D eigenvalue weighted by Gasteiger charge is -2.30. The highest BCUT2D eigenvalue weighted by Gasteiger charge is 2.38. The second kappa shape index (κ2) is 21.9.